The summed E-state index contributed by atoms with van der Waals surface area (Å²) >= 11 is 0. The maximum absolute atomic E-state index is 12.7. The molecule has 4 aromatic carbocycles. The van der Waals surface area contributed by atoms with Gasteiger partial charge in [0, 0.05) is 5.56 Å². The molecule has 3 heteroatoms. The van der Waals surface area contributed by atoms with Crippen LogP contribution in [0.3, 0.4) is 0 Å². The second-order valence-corrected chi connectivity index (χ2v) is 6.68. The normalized spacial score (nSPS) is 11.0. The third kappa shape index (κ3) is 3.82. The second-order valence-electron chi connectivity index (χ2n) is 6.68. The van der Waals surface area contributed by atoms with Crippen LogP contribution in [0, 0.1) is 0 Å². The van der Waals surface area contributed by atoms with Crippen molar-refractivity contribution in [2.75, 3.05) is 0 Å². The first-order valence-electron chi connectivity index (χ1n) is 9.51. The molecule has 29 heavy (non-hydrogen) atoms. The van der Waals surface area contributed by atoms with Crippen LogP contribution in [0.25, 0.3) is 0 Å². The smallest absolute Gasteiger partial charge is 0.267 e. The van der Waals surface area contributed by atoms with Crippen molar-refractivity contribution in [3.63, 3.8) is 0 Å². The highest BCUT2D eigenvalue weighted by Gasteiger charge is 2.39. The maximum Gasteiger partial charge on any atom is 0.274 e. The number of nitrogens with one attached hydrogen (secondary N) is 1. The van der Waals surface area contributed by atoms with E-state index in [1.54, 1.807) is 12.1 Å². The fraction of sp³-hybridized carbons (Fsp3) is 0.0385. The molecule has 3 nitrogen and oxygen atoms in total. The van der Waals surface area contributed by atoms with Crippen LogP contribution in [0.4, 0.5) is 0 Å². The Bertz CT molecular complexity index is 952. The molecule has 0 saturated heterocycles. The van der Waals surface area contributed by atoms with Crippen molar-refractivity contribution < 1.29 is 9.63 Å². The van der Waals surface area contributed by atoms with E-state index in [0.717, 1.165) is 16.7 Å². The van der Waals surface area contributed by atoms with E-state index in [9.17, 15) is 4.79 Å². The zero-order valence-electron chi connectivity index (χ0n) is 15.9. The van der Waals surface area contributed by atoms with Crippen LogP contribution in [0.15, 0.2) is 121 Å². The summed E-state index contributed by atoms with van der Waals surface area (Å²) < 4.78 is 0. The van der Waals surface area contributed by atoms with E-state index in [4.69, 9.17) is 4.84 Å². The van der Waals surface area contributed by atoms with Gasteiger partial charge in [-0.2, -0.15) is 0 Å². The standard InChI is InChI=1S/C26H21NO2/c28-25(21-13-5-1-6-14-21)27-29-26(22-15-7-2-8-16-22,23-17-9-3-10-18-23)24-19-11-4-12-20-24/h1-20H,(H,27,28). The number of hydrogen-bond acceptors (Lipinski definition) is 2. The quantitative estimate of drug-likeness (QED) is 0.363. The number of hydroxylamine groups is 1. The van der Waals surface area contributed by atoms with Crippen molar-refractivity contribution in [2.24, 2.45) is 0 Å². The highest BCUT2D eigenvalue weighted by molar-refractivity contribution is 5.93. The van der Waals surface area contributed by atoms with Gasteiger partial charge in [0.25, 0.3) is 5.91 Å². The minimum absolute atomic E-state index is 0.294. The first-order chi connectivity index (χ1) is 14.3. The zero-order valence-corrected chi connectivity index (χ0v) is 15.9. The van der Waals surface area contributed by atoms with Gasteiger partial charge in [-0.15, -0.1) is 0 Å². The summed E-state index contributed by atoms with van der Waals surface area (Å²) in [6.45, 7) is 0. The van der Waals surface area contributed by atoms with Crippen LogP contribution in [-0.2, 0) is 10.4 Å². The number of rotatable bonds is 6. The number of amides is 1. The highest BCUT2D eigenvalue weighted by Crippen LogP contribution is 2.39. The predicted molar refractivity (Wildman–Crippen MR) is 114 cm³/mol. The zero-order chi connectivity index (χ0) is 19.9. The fourth-order valence-electron chi connectivity index (χ4n) is 3.47. The number of carbonyl (C=O) groups is 1. The van der Waals surface area contributed by atoms with Gasteiger partial charge in [-0.1, -0.05) is 109 Å². The Kier molecular flexibility index (Phi) is 5.50. The molecular formula is C26H21NO2. The molecule has 4 rings (SSSR count). The van der Waals surface area contributed by atoms with Gasteiger partial charge >= 0.3 is 0 Å². The maximum atomic E-state index is 12.7. The average Bonchev–Trinajstić information content (AvgIpc) is 2.82. The van der Waals surface area contributed by atoms with Crippen molar-refractivity contribution in [3.05, 3.63) is 144 Å². The molecule has 142 valence electrons. The van der Waals surface area contributed by atoms with Crippen LogP contribution < -0.4 is 5.48 Å². The first kappa shape index (κ1) is 18.7. The molecule has 0 radical (unpaired) electrons. The van der Waals surface area contributed by atoms with Crippen LogP contribution in [-0.4, -0.2) is 5.91 Å². The largest absolute Gasteiger partial charge is 0.274 e. The van der Waals surface area contributed by atoms with Crippen LogP contribution in [0.1, 0.15) is 27.0 Å². The summed E-state index contributed by atoms with van der Waals surface area (Å²) in [7, 11) is 0. The Balaban J connectivity index is 1.83. The average molecular weight is 379 g/mol. The lowest BCUT2D eigenvalue weighted by Crippen LogP contribution is -2.40. The van der Waals surface area contributed by atoms with Gasteiger partial charge in [-0.25, -0.2) is 5.48 Å². The summed E-state index contributed by atoms with van der Waals surface area (Å²) in [6.07, 6.45) is 0. The number of carbonyl (C=O) groups excluding carboxylic acids is 1. The van der Waals surface area contributed by atoms with Crippen molar-refractivity contribution in [3.8, 4) is 0 Å². The Labute approximate surface area is 170 Å². The van der Waals surface area contributed by atoms with Gasteiger partial charge in [0.1, 0.15) is 0 Å². The summed E-state index contributed by atoms with van der Waals surface area (Å²) in [5, 5.41) is 0. The Morgan fingerprint density at radius 2 is 0.897 bits per heavy atom. The minimum atomic E-state index is -0.992. The molecule has 0 heterocycles. The monoisotopic (exact) mass is 379 g/mol. The van der Waals surface area contributed by atoms with Crippen LogP contribution >= 0.6 is 0 Å². The molecule has 0 aliphatic carbocycles. The third-order valence-corrected chi connectivity index (χ3v) is 4.87. The van der Waals surface area contributed by atoms with Crippen molar-refractivity contribution in [1.29, 1.82) is 0 Å². The fourth-order valence-corrected chi connectivity index (χ4v) is 3.47. The van der Waals surface area contributed by atoms with Crippen molar-refractivity contribution >= 4 is 5.91 Å². The van der Waals surface area contributed by atoms with Crippen LogP contribution in [0.5, 0.6) is 0 Å². The molecule has 0 aliphatic heterocycles. The summed E-state index contributed by atoms with van der Waals surface area (Å²) in [5.41, 5.74) is 5.01. The first-order valence-corrected chi connectivity index (χ1v) is 9.51. The summed E-state index contributed by atoms with van der Waals surface area (Å²) in [5.74, 6) is -0.294. The van der Waals surface area contributed by atoms with E-state index < -0.39 is 5.60 Å². The van der Waals surface area contributed by atoms with E-state index in [0.29, 0.717) is 5.56 Å². The molecule has 0 fully saturated rings. The lowest BCUT2D eigenvalue weighted by atomic mass is 9.80. The Hall–Kier alpha value is -3.69. The molecule has 0 bridgehead atoms. The second kappa shape index (κ2) is 8.55. The van der Waals surface area contributed by atoms with Gasteiger partial charge in [-0.05, 0) is 28.8 Å². The van der Waals surface area contributed by atoms with Crippen LogP contribution in [0.2, 0.25) is 0 Å². The molecule has 1 amide bonds. The van der Waals surface area contributed by atoms with Gasteiger partial charge < -0.3 is 0 Å². The van der Waals surface area contributed by atoms with E-state index in [2.05, 4.69) is 5.48 Å². The van der Waals surface area contributed by atoms with Gasteiger partial charge in [0.15, 0.2) is 5.60 Å². The van der Waals surface area contributed by atoms with Gasteiger partial charge in [0.05, 0.1) is 0 Å². The van der Waals surface area contributed by atoms with Gasteiger partial charge in [-0.3, -0.25) is 9.63 Å². The minimum Gasteiger partial charge on any atom is -0.267 e. The van der Waals surface area contributed by atoms with E-state index >= 15 is 0 Å². The molecule has 0 unspecified atom stereocenters. The topological polar surface area (TPSA) is 38.3 Å². The highest BCUT2D eigenvalue weighted by atomic mass is 16.7. The van der Waals surface area contributed by atoms with Crippen molar-refractivity contribution in [2.45, 2.75) is 5.60 Å². The molecule has 0 saturated carbocycles. The molecule has 0 spiro atoms. The van der Waals surface area contributed by atoms with E-state index in [-0.39, 0.29) is 5.91 Å². The third-order valence-electron chi connectivity index (χ3n) is 4.87. The predicted octanol–water partition coefficient (Wildman–Crippen LogP) is 5.34. The summed E-state index contributed by atoms with van der Waals surface area (Å²) in [4.78, 5) is 19.1. The molecule has 0 atom stereocenters. The lowest BCUT2D eigenvalue weighted by molar-refractivity contribution is -0.0474. The van der Waals surface area contributed by atoms with E-state index in [1.807, 2.05) is 109 Å². The number of hydrogen-bond donors (Lipinski definition) is 1. The Morgan fingerprint density at radius 1 is 0.552 bits per heavy atom. The molecule has 0 aromatic heterocycles. The molecule has 0 aliphatic rings. The Morgan fingerprint density at radius 3 is 1.28 bits per heavy atom. The molecule has 4 aromatic rings. The van der Waals surface area contributed by atoms with Gasteiger partial charge in [0.2, 0.25) is 0 Å². The summed E-state index contributed by atoms with van der Waals surface area (Å²) in [6, 6.07) is 38.8. The SMILES string of the molecule is O=C(NOC(c1ccccc1)(c1ccccc1)c1ccccc1)c1ccccc1. The number of benzene rings is 4. The van der Waals surface area contributed by atoms with Crippen molar-refractivity contribution in [1.82, 2.24) is 5.48 Å². The van der Waals surface area contributed by atoms with E-state index in [1.165, 1.54) is 0 Å². The molecular weight excluding hydrogens is 358 g/mol. The lowest BCUT2D eigenvalue weighted by Gasteiger charge is -2.35. The molecule has 1 N–H and O–H groups in total.